The van der Waals surface area contributed by atoms with Crippen LogP contribution in [0.3, 0.4) is 0 Å². The van der Waals surface area contributed by atoms with E-state index in [-0.39, 0.29) is 5.91 Å². The Morgan fingerprint density at radius 1 is 0.704 bits per heavy atom. The minimum atomic E-state index is -0.128. The molecule has 132 valence electrons. The van der Waals surface area contributed by atoms with Crippen LogP contribution in [0.4, 0.5) is 5.69 Å². The molecule has 0 aliphatic carbocycles. The molecule has 0 unspecified atom stereocenters. The van der Waals surface area contributed by atoms with Crippen LogP contribution in [0.25, 0.3) is 21.9 Å². The zero-order chi connectivity index (χ0) is 18.8. The Bertz CT molecular complexity index is 1140. The molecule has 4 aromatic carbocycles. The highest BCUT2D eigenvalue weighted by Gasteiger charge is 2.12. The second kappa shape index (κ2) is 7.67. The first kappa shape index (κ1) is 18.0. The molecule has 0 aliphatic rings. The van der Waals surface area contributed by atoms with E-state index in [9.17, 15) is 4.79 Å². The zero-order valence-corrected chi connectivity index (χ0v) is 17.4. The average Bonchev–Trinajstić information content (AvgIpc) is 2.68. The second-order valence-electron chi connectivity index (χ2n) is 6.21. The predicted octanol–water partition coefficient (Wildman–Crippen LogP) is 7.28. The first-order valence-corrected chi connectivity index (χ1v) is 10.0. The van der Waals surface area contributed by atoms with Gasteiger partial charge in [-0.15, -0.1) is 0 Å². The summed E-state index contributed by atoms with van der Waals surface area (Å²) < 4.78 is 1.93. The molecule has 1 N–H and O–H groups in total. The molecule has 0 saturated heterocycles. The van der Waals surface area contributed by atoms with Crippen LogP contribution in [0, 0.1) is 0 Å². The molecule has 0 radical (unpaired) electrons. The fraction of sp³-hybridized carbons (Fsp3) is 0. The number of nitrogens with one attached hydrogen (secondary N) is 1. The fourth-order valence-electron chi connectivity index (χ4n) is 3.03. The van der Waals surface area contributed by atoms with Crippen LogP contribution in [0.15, 0.2) is 93.9 Å². The Morgan fingerprint density at radius 2 is 1.41 bits per heavy atom. The highest BCUT2D eigenvalue weighted by molar-refractivity contribution is 9.10. The summed E-state index contributed by atoms with van der Waals surface area (Å²) >= 11 is 6.96. The molecule has 0 heterocycles. The van der Waals surface area contributed by atoms with Crippen molar-refractivity contribution in [2.45, 2.75) is 0 Å². The lowest BCUT2D eigenvalue weighted by atomic mass is 10.0. The monoisotopic (exact) mass is 479 g/mol. The standard InChI is InChI=1S/C23H15Br2NO/c24-19-9-7-16(8-10-19)21-12-11-20(25)14-22(21)26-23(27)18-6-5-15-3-1-2-4-17(15)13-18/h1-14H,(H,26,27). The lowest BCUT2D eigenvalue weighted by molar-refractivity contribution is 0.102. The molecule has 0 fully saturated rings. The highest BCUT2D eigenvalue weighted by Crippen LogP contribution is 2.32. The second-order valence-corrected chi connectivity index (χ2v) is 8.04. The quantitative estimate of drug-likeness (QED) is 0.327. The fourth-order valence-corrected chi connectivity index (χ4v) is 3.65. The first-order valence-electron chi connectivity index (χ1n) is 8.46. The number of carbonyl (C=O) groups excluding carboxylic acids is 1. The number of rotatable bonds is 3. The normalized spacial score (nSPS) is 10.7. The van der Waals surface area contributed by atoms with E-state index in [2.05, 4.69) is 37.2 Å². The van der Waals surface area contributed by atoms with Gasteiger partial charge >= 0.3 is 0 Å². The van der Waals surface area contributed by atoms with Gasteiger partial charge in [0, 0.05) is 25.8 Å². The van der Waals surface area contributed by atoms with Gasteiger partial charge in [-0.25, -0.2) is 0 Å². The number of amides is 1. The van der Waals surface area contributed by atoms with E-state index in [4.69, 9.17) is 0 Å². The number of benzene rings is 4. The van der Waals surface area contributed by atoms with Crippen molar-refractivity contribution in [1.82, 2.24) is 0 Å². The van der Waals surface area contributed by atoms with E-state index in [1.54, 1.807) is 0 Å². The van der Waals surface area contributed by atoms with Crippen molar-refractivity contribution in [3.05, 3.63) is 99.4 Å². The molecule has 4 heteroatoms. The van der Waals surface area contributed by atoms with Crippen LogP contribution < -0.4 is 5.32 Å². The summed E-state index contributed by atoms with van der Waals surface area (Å²) in [7, 11) is 0. The third-order valence-corrected chi connectivity index (χ3v) is 5.42. The molecule has 4 rings (SSSR count). The lowest BCUT2D eigenvalue weighted by Crippen LogP contribution is -2.12. The van der Waals surface area contributed by atoms with Crippen LogP contribution in [0.5, 0.6) is 0 Å². The molecule has 0 aliphatic heterocycles. The van der Waals surface area contributed by atoms with Crippen molar-refractivity contribution in [3.8, 4) is 11.1 Å². The Labute approximate surface area is 174 Å². The van der Waals surface area contributed by atoms with Gasteiger partial charge in [0.1, 0.15) is 0 Å². The van der Waals surface area contributed by atoms with Crippen molar-refractivity contribution in [2.24, 2.45) is 0 Å². The maximum absolute atomic E-state index is 12.9. The van der Waals surface area contributed by atoms with Gasteiger partial charge in [0.15, 0.2) is 0 Å². The summed E-state index contributed by atoms with van der Waals surface area (Å²) in [6, 6.07) is 27.7. The van der Waals surface area contributed by atoms with Crippen molar-refractivity contribution in [1.29, 1.82) is 0 Å². The molecule has 27 heavy (non-hydrogen) atoms. The summed E-state index contributed by atoms with van der Waals surface area (Å²) in [5.74, 6) is -0.128. The van der Waals surface area contributed by atoms with Gasteiger partial charge in [0.2, 0.25) is 0 Å². The van der Waals surface area contributed by atoms with Gasteiger partial charge in [-0.2, -0.15) is 0 Å². The van der Waals surface area contributed by atoms with E-state index in [1.165, 1.54) is 0 Å². The smallest absolute Gasteiger partial charge is 0.255 e. The number of hydrogen-bond acceptors (Lipinski definition) is 1. The minimum absolute atomic E-state index is 0.128. The van der Waals surface area contributed by atoms with Gasteiger partial charge < -0.3 is 5.32 Å². The van der Waals surface area contributed by atoms with E-state index < -0.39 is 0 Å². The molecule has 0 atom stereocenters. The Balaban J connectivity index is 1.69. The Hall–Kier alpha value is -2.43. The summed E-state index contributed by atoms with van der Waals surface area (Å²) in [4.78, 5) is 12.9. The van der Waals surface area contributed by atoms with Gasteiger partial charge in [-0.1, -0.05) is 80.4 Å². The van der Waals surface area contributed by atoms with Crippen LogP contribution in [-0.4, -0.2) is 5.91 Å². The number of carbonyl (C=O) groups is 1. The third kappa shape index (κ3) is 3.97. The first-order chi connectivity index (χ1) is 13.1. The third-order valence-electron chi connectivity index (χ3n) is 4.40. The molecule has 0 spiro atoms. The molecule has 1 amide bonds. The van der Waals surface area contributed by atoms with Crippen LogP contribution in [0.1, 0.15) is 10.4 Å². The molecule has 0 bridgehead atoms. The van der Waals surface area contributed by atoms with Gasteiger partial charge in [-0.05, 0) is 52.7 Å². The van der Waals surface area contributed by atoms with Gasteiger partial charge in [-0.3, -0.25) is 4.79 Å². The average molecular weight is 481 g/mol. The molecular weight excluding hydrogens is 466 g/mol. The van der Waals surface area contributed by atoms with E-state index in [1.807, 2.05) is 84.9 Å². The largest absolute Gasteiger partial charge is 0.321 e. The number of anilines is 1. The van der Waals surface area contributed by atoms with E-state index >= 15 is 0 Å². The Kier molecular flexibility index (Phi) is 5.10. The molecule has 4 aromatic rings. The maximum atomic E-state index is 12.9. The minimum Gasteiger partial charge on any atom is -0.321 e. The SMILES string of the molecule is O=C(Nc1cc(Br)ccc1-c1ccc(Br)cc1)c1ccc2ccccc2c1. The van der Waals surface area contributed by atoms with Crippen LogP contribution in [0.2, 0.25) is 0 Å². The van der Waals surface area contributed by atoms with Gasteiger partial charge in [0.25, 0.3) is 5.91 Å². The maximum Gasteiger partial charge on any atom is 0.255 e. The Morgan fingerprint density at radius 3 is 2.19 bits per heavy atom. The molecule has 2 nitrogen and oxygen atoms in total. The van der Waals surface area contributed by atoms with E-state index in [0.29, 0.717) is 5.56 Å². The van der Waals surface area contributed by atoms with Crippen LogP contribution in [-0.2, 0) is 0 Å². The summed E-state index contributed by atoms with van der Waals surface area (Å²) in [5.41, 5.74) is 3.42. The summed E-state index contributed by atoms with van der Waals surface area (Å²) in [6.45, 7) is 0. The zero-order valence-electron chi connectivity index (χ0n) is 14.2. The van der Waals surface area contributed by atoms with E-state index in [0.717, 1.165) is 36.5 Å². The summed E-state index contributed by atoms with van der Waals surface area (Å²) in [6.07, 6.45) is 0. The number of halogens is 2. The lowest BCUT2D eigenvalue weighted by Gasteiger charge is -2.13. The molecule has 0 saturated carbocycles. The number of fused-ring (bicyclic) bond motifs is 1. The predicted molar refractivity (Wildman–Crippen MR) is 119 cm³/mol. The number of hydrogen-bond donors (Lipinski definition) is 1. The van der Waals surface area contributed by atoms with Crippen molar-refractivity contribution >= 4 is 54.2 Å². The molecular formula is C23H15Br2NO. The van der Waals surface area contributed by atoms with Crippen LogP contribution >= 0.6 is 31.9 Å². The topological polar surface area (TPSA) is 29.1 Å². The summed E-state index contributed by atoms with van der Waals surface area (Å²) in [5, 5.41) is 5.23. The molecule has 0 aromatic heterocycles. The van der Waals surface area contributed by atoms with Gasteiger partial charge in [0.05, 0.1) is 0 Å². The highest BCUT2D eigenvalue weighted by atomic mass is 79.9. The van der Waals surface area contributed by atoms with Crippen molar-refractivity contribution < 1.29 is 4.79 Å². The van der Waals surface area contributed by atoms with Crippen molar-refractivity contribution in [3.63, 3.8) is 0 Å². The van der Waals surface area contributed by atoms with Crippen molar-refractivity contribution in [2.75, 3.05) is 5.32 Å².